The van der Waals surface area contributed by atoms with Crippen LogP contribution in [0.25, 0.3) is 0 Å². The lowest BCUT2D eigenvalue weighted by Crippen LogP contribution is -2.43. The Morgan fingerprint density at radius 1 is 1.24 bits per heavy atom. The predicted octanol–water partition coefficient (Wildman–Crippen LogP) is 1.54. The SMILES string of the molecule is COc1ccc(S(=O)(=O)N(CC(C)C)[C@@H]2CCS(=O)(=O)C2)c(OC)c1. The molecule has 1 aromatic rings. The van der Waals surface area contributed by atoms with Gasteiger partial charge in [0.2, 0.25) is 10.0 Å². The maximum Gasteiger partial charge on any atom is 0.247 e. The first-order valence-electron chi connectivity index (χ1n) is 8.05. The van der Waals surface area contributed by atoms with Crippen molar-refractivity contribution in [3.8, 4) is 11.5 Å². The van der Waals surface area contributed by atoms with Gasteiger partial charge in [-0.1, -0.05) is 13.8 Å². The first-order chi connectivity index (χ1) is 11.6. The average Bonchev–Trinajstić information content (AvgIpc) is 2.91. The van der Waals surface area contributed by atoms with Gasteiger partial charge in [-0.2, -0.15) is 4.31 Å². The van der Waals surface area contributed by atoms with Crippen molar-refractivity contribution in [1.29, 1.82) is 0 Å². The van der Waals surface area contributed by atoms with Crippen molar-refractivity contribution in [3.05, 3.63) is 18.2 Å². The van der Waals surface area contributed by atoms with E-state index in [9.17, 15) is 16.8 Å². The molecule has 1 fully saturated rings. The second-order valence-electron chi connectivity index (χ2n) is 6.54. The van der Waals surface area contributed by atoms with Crippen LogP contribution in [0.4, 0.5) is 0 Å². The minimum absolute atomic E-state index is 0.0146. The Morgan fingerprint density at radius 3 is 2.40 bits per heavy atom. The number of ether oxygens (including phenoxy) is 2. The molecule has 1 aromatic carbocycles. The van der Waals surface area contributed by atoms with E-state index in [-0.39, 0.29) is 34.6 Å². The van der Waals surface area contributed by atoms with Crippen LogP contribution in [0.3, 0.4) is 0 Å². The summed E-state index contributed by atoms with van der Waals surface area (Å²) < 4.78 is 61.8. The van der Waals surface area contributed by atoms with Gasteiger partial charge in [0.15, 0.2) is 9.84 Å². The highest BCUT2D eigenvalue weighted by Gasteiger charge is 2.40. The molecule has 25 heavy (non-hydrogen) atoms. The predicted molar refractivity (Wildman–Crippen MR) is 95.3 cm³/mol. The monoisotopic (exact) mass is 391 g/mol. The van der Waals surface area contributed by atoms with Crippen LogP contribution in [0.1, 0.15) is 20.3 Å². The van der Waals surface area contributed by atoms with Crippen molar-refractivity contribution >= 4 is 19.9 Å². The molecule has 2 rings (SSSR count). The summed E-state index contributed by atoms with van der Waals surface area (Å²) in [4.78, 5) is 0.0146. The second-order valence-corrected chi connectivity index (χ2v) is 10.6. The summed E-state index contributed by atoms with van der Waals surface area (Å²) in [6.07, 6.45) is 0.312. The van der Waals surface area contributed by atoms with Crippen LogP contribution >= 0.6 is 0 Å². The van der Waals surface area contributed by atoms with Gasteiger partial charge in [0.1, 0.15) is 16.4 Å². The molecule has 0 unspecified atom stereocenters. The summed E-state index contributed by atoms with van der Waals surface area (Å²) in [6.45, 7) is 4.05. The number of hydrogen-bond donors (Lipinski definition) is 0. The van der Waals surface area contributed by atoms with E-state index in [1.54, 1.807) is 6.07 Å². The summed E-state index contributed by atoms with van der Waals surface area (Å²) in [6, 6.07) is 3.94. The number of rotatable bonds is 7. The van der Waals surface area contributed by atoms with Crippen LogP contribution in [-0.2, 0) is 19.9 Å². The number of methoxy groups -OCH3 is 2. The number of hydrogen-bond acceptors (Lipinski definition) is 6. The first kappa shape index (κ1) is 20.0. The van der Waals surface area contributed by atoms with E-state index in [4.69, 9.17) is 9.47 Å². The van der Waals surface area contributed by atoms with Crippen molar-refractivity contribution in [2.75, 3.05) is 32.3 Å². The molecule has 1 aliphatic heterocycles. The molecule has 0 amide bonds. The molecule has 7 nitrogen and oxygen atoms in total. The lowest BCUT2D eigenvalue weighted by Gasteiger charge is -2.29. The van der Waals surface area contributed by atoms with Gasteiger partial charge in [-0.05, 0) is 24.5 Å². The lowest BCUT2D eigenvalue weighted by molar-refractivity contribution is 0.305. The maximum absolute atomic E-state index is 13.3. The van der Waals surface area contributed by atoms with Gasteiger partial charge in [-0.3, -0.25) is 0 Å². The standard InChI is InChI=1S/C16H25NO6S2/c1-12(2)10-17(13-7-8-24(18,19)11-13)25(20,21)16-6-5-14(22-3)9-15(16)23-4/h5-6,9,12-13H,7-8,10-11H2,1-4H3/t13-/m1/s1. The number of benzene rings is 1. The third-order valence-corrected chi connectivity index (χ3v) is 7.83. The van der Waals surface area contributed by atoms with Crippen molar-refractivity contribution in [2.24, 2.45) is 5.92 Å². The summed E-state index contributed by atoms with van der Waals surface area (Å²) in [7, 11) is -4.24. The Labute approximate surface area is 149 Å². The highest BCUT2D eigenvalue weighted by Crippen LogP contribution is 2.33. The first-order valence-corrected chi connectivity index (χ1v) is 11.3. The lowest BCUT2D eigenvalue weighted by atomic mass is 10.2. The largest absolute Gasteiger partial charge is 0.497 e. The fourth-order valence-electron chi connectivity index (χ4n) is 2.92. The molecule has 1 saturated heterocycles. The van der Waals surface area contributed by atoms with Crippen LogP contribution in [0.5, 0.6) is 11.5 Å². The van der Waals surface area contributed by atoms with Gasteiger partial charge in [0.05, 0.1) is 25.7 Å². The zero-order valence-corrected chi connectivity index (χ0v) is 16.6. The van der Waals surface area contributed by atoms with Gasteiger partial charge < -0.3 is 9.47 Å². The molecule has 0 N–H and O–H groups in total. The van der Waals surface area contributed by atoms with Gasteiger partial charge in [0, 0.05) is 18.7 Å². The van der Waals surface area contributed by atoms with E-state index >= 15 is 0 Å². The summed E-state index contributed by atoms with van der Waals surface area (Å²) in [5.74, 6) is 0.588. The zero-order valence-electron chi connectivity index (χ0n) is 14.9. The highest BCUT2D eigenvalue weighted by molar-refractivity contribution is 7.92. The van der Waals surface area contributed by atoms with Crippen LogP contribution in [0.15, 0.2) is 23.1 Å². The minimum Gasteiger partial charge on any atom is -0.497 e. The van der Waals surface area contributed by atoms with Crippen molar-refractivity contribution < 1.29 is 26.3 Å². The Balaban J connectivity index is 2.48. The molecule has 0 aliphatic carbocycles. The molecular formula is C16H25NO6S2. The van der Waals surface area contributed by atoms with E-state index in [0.717, 1.165) is 0 Å². The van der Waals surface area contributed by atoms with Crippen LogP contribution in [-0.4, -0.2) is 59.5 Å². The van der Waals surface area contributed by atoms with Gasteiger partial charge in [-0.15, -0.1) is 0 Å². The molecule has 0 radical (unpaired) electrons. The van der Waals surface area contributed by atoms with E-state index in [1.165, 1.54) is 30.7 Å². The molecule has 1 heterocycles. The van der Waals surface area contributed by atoms with Crippen molar-refractivity contribution in [1.82, 2.24) is 4.31 Å². The molecule has 0 aromatic heterocycles. The molecule has 0 saturated carbocycles. The molecule has 1 atom stereocenters. The zero-order chi connectivity index (χ0) is 18.8. The molecule has 0 bridgehead atoms. The highest BCUT2D eigenvalue weighted by atomic mass is 32.2. The minimum atomic E-state index is -3.91. The fraction of sp³-hybridized carbons (Fsp3) is 0.625. The van der Waals surface area contributed by atoms with Crippen molar-refractivity contribution in [2.45, 2.75) is 31.2 Å². The van der Waals surface area contributed by atoms with E-state index in [2.05, 4.69) is 0 Å². The molecule has 9 heteroatoms. The van der Waals surface area contributed by atoms with E-state index < -0.39 is 25.9 Å². The molecular weight excluding hydrogens is 366 g/mol. The Kier molecular flexibility index (Phi) is 6.01. The Hall–Kier alpha value is -1.32. The van der Waals surface area contributed by atoms with Crippen LogP contribution in [0.2, 0.25) is 0 Å². The molecule has 142 valence electrons. The summed E-state index contributed by atoms with van der Waals surface area (Å²) in [5, 5.41) is 0. The number of sulfonamides is 1. The molecule has 1 aliphatic rings. The smallest absolute Gasteiger partial charge is 0.247 e. The third-order valence-electron chi connectivity index (χ3n) is 4.12. The third kappa shape index (κ3) is 4.45. The van der Waals surface area contributed by atoms with Crippen LogP contribution in [0, 0.1) is 5.92 Å². The van der Waals surface area contributed by atoms with Gasteiger partial charge >= 0.3 is 0 Å². The summed E-state index contributed by atoms with van der Waals surface area (Å²) >= 11 is 0. The normalized spacial score (nSPS) is 20.2. The number of nitrogens with zero attached hydrogens (tertiary/aromatic N) is 1. The average molecular weight is 392 g/mol. The topological polar surface area (TPSA) is 90.0 Å². The number of sulfone groups is 1. The fourth-order valence-corrected chi connectivity index (χ4v) is 6.70. The van der Waals surface area contributed by atoms with Gasteiger partial charge in [-0.25, -0.2) is 16.8 Å². The van der Waals surface area contributed by atoms with Crippen LogP contribution < -0.4 is 9.47 Å². The second kappa shape index (κ2) is 7.51. The Bertz CT molecular complexity index is 817. The Morgan fingerprint density at radius 2 is 1.92 bits per heavy atom. The maximum atomic E-state index is 13.3. The van der Waals surface area contributed by atoms with E-state index in [0.29, 0.717) is 12.2 Å². The quantitative estimate of drug-likeness (QED) is 0.700. The summed E-state index contributed by atoms with van der Waals surface area (Å²) in [5.41, 5.74) is 0. The molecule has 0 spiro atoms. The van der Waals surface area contributed by atoms with Gasteiger partial charge in [0.25, 0.3) is 0 Å². The van der Waals surface area contributed by atoms with Crippen molar-refractivity contribution in [3.63, 3.8) is 0 Å². The van der Waals surface area contributed by atoms with E-state index in [1.807, 2.05) is 13.8 Å².